The van der Waals surface area contributed by atoms with E-state index in [1.54, 1.807) is 0 Å². The van der Waals surface area contributed by atoms with Gasteiger partial charge in [-0.3, -0.25) is 4.40 Å². The Morgan fingerprint density at radius 1 is 1.50 bits per heavy atom. The lowest BCUT2D eigenvalue weighted by atomic mass is 10.1. The topological polar surface area (TPSA) is 17.3 Å². The second-order valence-corrected chi connectivity index (χ2v) is 4.89. The molecular formula is C11H12N2S. The molecule has 1 aliphatic heterocycles. The third kappa shape index (κ3) is 0.960. The summed E-state index contributed by atoms with van der Waals surface area (Å²) in [6.07, 6.45) is 0. The van der Waals surface area contributed by atoms with Crippen LogP contribution < -0.4 is 0 Å². The van der Waals surface area contributed by atoms with Gasteiger partial charge in [-0.15, -0.1) is 11.8 Å². The number of rotatable bonds is 0. The van der Waals surface area contributed by atoms with Crippen LogP contribution in [0.3, 0.4) is 0 Å². The molecule has 2 aromatic rings. The van der Waals surface area contributed by atoms with Gasteiger partial charge in [0.15, 0.2) is 0 Å². The van der Waals surface area contributed by atoms with Gasteiger partial charge in [0, 0.05) is 11.7 Å². The first kappa shape index (κ1) is 8.36. The third-order valence-electron chi connectivity index (χ3n) is 2.78. The highest BCUT2D eigenvalue weighted by Gasteiger charge is 2.22. The summed E-state index contributed by atoms with van der Waals surface area (Å²) in [5.41, 5.74) is 3.67. The SMILES string of the molecule is Cc1nc2cccc3n2c1C(C)CS3. The second-order valence-electron chi connectivity index (χ2n) is 3.85. The van der Waals surface area contributed by atoms with Gasteiger partial charge in [0.05, 0.1) is 16.4 Å². The Labute approximate surface area is 87.3 Å². The van der Waals surface area contributed by atoms with E-state index in [1.165, 1.54) is 22.2 Å². The summed E-state index contributed by atoms with van der Waals surface area (Å²) in [4.78, 5) is 4.58. The molecule has 2 nitrogen and oxygen atoms in total. The van der Waals surface area contributed by atoms with Crippen LogP contribution in [0.25, 0.3) is 5.65 Å². The lowest BCUT2D eigenvalue weighted by Crippen LogP contribution is -2.09. The zero-order valence-electron chi connectivity index (χ0n) is 8.32. The van der Waals surface area contributed by atoms with Crippen LogP contribution in [0.5, 0.6) is 0 Å². The molecule has 0 bridgehead atoms. The highest BCUT2D eigenvalue weighted by Crippen LogP contribution is 2.35. The molecule has 3 heteroatoms. The highest BCUT2D eigenvalue weighted by molar-refractivity contribution is 7.99. The van der Waals surface area contributed by atoms with Gasteiger partial charge in [-0.25, -0.2) is 4.98 Å². The van der Waals surface area contributed by atoms with Crippen LogP contribution in [0.1, 0.15) is 24.2 Å². The molecule has 0 aliphatic carbocycles. The number of aromatic nitrogens is 2. The average Bonchev–Trinajstić information content (AvgIpc) is 2.51. The van der Waals surface area contributed by atoms with Crippen LogP contribution >= 0.6 is 11.8 Å². The van der Waals surface area contributed by atoms with Gasteiger partial charge in [0.25, 0.3) is 0 Å². The van der Waals surface area contributed by atoms with E-state index in [9.17, 15) is 0 Å². The van der Waals surface area contributed by atoms with Crippen molar-refractivity contribution in [1.29, 1.82) is 0 Å². The minimum Gasteiger partial charge on any atom is -0.291 e. The molecule has 0 aromatic carbocycles. The molecule has 0 saturated heterocycles. The minimum atomic E-state index is 0.616. The van der Waals surface area contributed by atoms with Crippen molar-refractivity contribution in [3.05, 3.63) is 29.6 Å². The number of nitrogens with zero attached hydrogens (tertiary/aromatic N) is 2. The van der Waals surface area contributed by atoms with Crippen LogP contribution in [-0.4, -0.2) is 15.1 Å². The standard InChI is InChI=1S/C11H12N2S/c1-7-6-14-10-5-3-4-9-12-8(2)11(7)13(9)10/h3-5,7H,6H2,1-2H3. The summed E-state index contributed by atoms with van der Waals surface area (Å²) in [6, 6.07) is 6.34. The summed E-state index contributed by atoms with van der Waals surface area (Å²) in [5, 5.41) is 1.33. The first-order chi connectivity index (χ1) is 6.77. The molecular weight excluding hydrogens is 192 g/mol. The molecule has 72 valence electrons. The van der Waals surface area contributed by atoms with E-state index in [4.69, 9.17) is 0 Å². The van der Waals surface area contributed by atoms with Crippen LogP contribution in [0.4, 0.5) is 0 Å². The van der Waals surface area contributed by atoms with Gasteiger partial charge in [0.2, 0.25) is 0 Å². The number of hydrogen-bond acceptors (Lipinski definition) is 2. The maximum absolute atomic E-state index is 4.58. The van der Waals surface area contributed by atoms with Crippen LogP contribution in [0.2, 0.25) is 0 Å². The highest BCUT2D eigenvalue weighted by atomic mass is 32.2. The summed E-state index contributed by atoms with van der Waals surface area (Å²) < 4.78 is 2.30. The molecule has 3 heterocycles. The third-order valence-corrected chi connectivity index (χ3v) is 4.06. The van der Waals surface area contributed by atoms with Crippen molar-refractivity contribution in [3.8, 4) is 0 Å². The Morgan fingerprint density at radius 3 is 3.21 bits per heavy atom. The summed E-state index contributed by atoms with van der Waals surface area (Å²) in [5.74, 6) is 1.79. The maximum Gasteiger partial charge on any atom is 0.138 e. The molecule has 3 rings (SSSR count). The average molecular weight is 204 g/mol. The second kappa shape index (κ2) is 2.76. The molecule has 1 atom stereocenters. The predicted molar refractivity (Wildman–Crippen MR) is 59.1 cm³/mol. The Kier molecular flexibility index (Phi) is 1.65. The first-order valence-electron chi connectivity index (χ1n) is 4.88. The van der Waals surface area contributed by atoms with Crippen molar-refractivity contribution >= 4 is 17.4 Å². The normalized spacial score (nSPS) is 20.3. The monoisotopic (exact) mass is 204 g/mol. The van der Waals surface area contributed by atoms with Gasteiger partial charge in [-0.2, -0.15) is 0 Å². The molecule has 0 radical (unpaired) electrons. The predicted octanol–water partition coefficient (Wildman–Crippen LogP) is 2.85. The van der Waals surface area contributed by atoms with Crippen molar-refractivity contribution in [3.63, 3.8) is 0 Å². The van der Waals surface area contributed by atoms with E-state index in [1.807, 2.05) is 11.8 Å². The van der Waals surface area contributed by atoms with Crippen molar-refractivity contribution < 1.29 is 0 Å². The molecule has 14 heavy (non-hydrogen) atoms. The molecule has 1 aliphatic rings. The van der Waals surface area contributed by atoms with E-state index in [0.717, 1.165) is 5.65 Å². The van der Waals surface area contributed by atoms with Gasteiger partial charge in [-0.05, 0) is 19.1 Å². The van der Waals surface area contributed by atoms with Gasteiger partial charge in [0.1, 0.15) is 5.65 Å². The largest absolute Gasteiger partial charge is 0.291 e. The number of hydrogen-bond donors (Lipinski definition) is 0. The van der Waals surface area contributed by atoms with Crippen molar-refractivity contribution in [2.45, 2.75) is 24.8 Å². The smallest absolute Gasteiger partial charge is 0.138 e. The number of aryl methyl sites for hydroxylation is 1. The fraction of sp³-hybridized carbons (Fsp3) is 0.364. The summed E-state index contributed by atoms with van der Waals surface area (Å²) in [7, 11) is 0. The van der Waals surface area contributed by atoms with Crippen LogP contribution in [-0.2, 0) is 0 Å². The zero-order valence-corrected chi connectivity index (χ0v) is 9.14. The van der Waals surface area contributed by atoms with Crippen molar-refractivity contribution in [2.24, 2.45) is 0 Å². The molecule has 0 N–H and O–H groups in total. The van der Waals surface area contributed by atoms with Gasteiger partial charge in [-0.1, -0.05) is 13.0 Å². The van der Waals surface area contributed by atoms with E-state index in [-0.39, 0.29) is 0 Å². The number of pyridine rings is 1. The molecule has 1 unspecified atom stereocenters. The minimum absolute atomic E-state index is 0.616. The fourth-order valence-corrected chi connectivity index (χ4v) is 3.25. The Balaban J connectivity index is 2.48. The number of imidazole rings is 1. The quantitative estimate of drug-likeness (QED) is 0.656. The molecule has 0 spiro atoms. The Morgan fingerprint density at radius 2 is 2.36 bits per heavy atom. The number of thioether (sulfide) groups is 1. The molecule has 2 aromatic heterocycles. The van der Waals surface area contributed by atoms with Crippen LogP contribution in [0, 0.1) is 6.92 Å². The Hall–Kier alpha value is -0.960. The van der Waals surface area contributed by atoms with E-state index in [0.29, 0.717) is 5.92 Å². The summed E-state index contributed by atoms with van der Waals surface area (Å²) >= 11 is 1.93. The fourth-order valence-electron chi connectivity index (χ4n) is 2.18. The zero-order chi connectivity index (χ0) is 9.71. The molecule has 0 fully saturated rings. The van der Waals surface area contributed by atoms with E-state index >= 15 is 0 Å². The van der Waals surface area contributed by atoms with Gasteiger partial charge < -0.3 is 0 Å². The first-order valence-corrected chi connectivity index (χ1v) is 5.86. The van der Waals surface area contributed by atoms with Gasteiger partial charge >= 0.3 is 0 Å². The van der Waals surface area contributed by atoms with Crippen molar-refractivity contribution in [1.82, 2.24) is 9.38 Å². The van der Waals surface area contributed by atoms with E-state index in [2.05, 4.69) is 41.4 Å². The maximum atomic E-state index is 4.58. The van der Waals surface area contributed by atoms with E-state index < -0.39 is 0 Å². The van der Waals surface area contributed by atoms with Crippen molar-refractivity contribution in [2.75, 3.05) is 5.75 Å². The Bertz CT molecular complexity index is 501. The lowest BCUT2D eigenvalue weighted by molar-refractivity contribution is 0.763. The molecule has 0 amide bonds. The molecule has 0 saturated carbocycles. The lowest BCUT2D eigenvalue weighted by Gasteiger charge is -2.20. The summed E-state index contributed by atoms with van der Waals surface area (Å²) in [6.45, 7) is 4.39. The van der Waals surface area contributed by atoms with Crippen LogP contribution in [0.15, 0.2) is 23.2 Å².